The Morgan fingerprint density at radius 3 is 2.79 bits per heavy atom. The van der Waals surface area contributed by atoms with E-state index in [1.54, 1.807) is 12.1 Å². The maximum atomic E-state index is 12.8. The van der Waals surface area contributed by atoms with Crippen molar-refractivity contribution in [2.45, 2.75) is 13.8 Å². The third-order valence-electron chi connectivity index (χ3n) is 2.13. The Balaban J connectivity index is 0.000000461. The van der Waals surface area contributed by atoms with Gasteiger partial charge in [-0.2, -0.15) is 0 Å². The number of nitrogens with one attached hydrogen (secondary N) is 1. The van der Waals surface area contributed by atoms with Crippen LogP contribution >= 0.6 is 0 Å². The Labute approximate surface area is 84.7 Å². The predicted octanol–water partition coefficient (Wildman–Crippen LogP) is 2.71. The second kappa shape index (κ2) is 4.84. The van der Waals surface area contributed by atoms with Gasteiger partial charge in [0.2, 0.25) is 0 Å². The van der Waals surface area contributed by atoms with Crippen LogP contribution in [0.3, 0.4) is 0 Å². The molecule has 0 radical (unpaired) electrons. The Hall–Kier alpha value is -1.25. The summed E-state index contributed by atoms with van der Waals surface area (Å²) >= 11 is 0. The van der Waals surface area contributed by atoms with Gasteiger partial charge in [0.25, 0.3) is 0 Å². The van der Waals surface area contributed by atoms with Crippen LogP contribution in [0.2, 0.25) is 0 Å². The van der Waals surface area contributed by atoms with Crippen molar-refractivity contribution in [1.29, 1.82) is 0 Å². The molecule has 0 amide bonds. The average molecular weight is 196 g/mol. The van der Waals surface area contributed by atoms with Gasteiger partial charge in [0.1, 0.15) is 5.82 Å². The van der Waals surface area contributed by atoms with E-state index in [2.05, 4.69) is 10.2 Å². The lowest BCUT2D eigenvalue weighted by atomic mass is 10.2. The predicted molar refractivity (Wildman–Crippen MR) is 59.5 cm³/mol. The second-order valence-corrected chi connectivity index (χ2v) is 3.01. The largest absolute Gasteiger partial charge is 0.382 e. The van der Waals surface area contributed by atoms with Gasteiger partial charge >= 0.3 is 0 Å². The molecule has 1 aromatic carbocycles. The van der Waals surface area contributed by atoms with Crippen molar-refractivity contribution in [1.82, 2.24) is 0 Å². The van der Waals surface area contributed by atoms with Gasteiger partial charge in [-0.05, 0) is 18.2 Å². The first-order chi connectivity index (χ1) is 6.77. The van der Waals surface area contributed by atoms with E-state index in [1.807, 2.05) is 20.9 Å². The summed E-state index contributed by atoms with van der Waals surface area (Å²) in [6.45, 7) is 5.85. The minimum absolute atomic E-state index is 0.177. The van der Waals surface area contributed by atoms with Crippen molar-refractivity contribution in [2.24, 2.45) is 0 Å². The topological polar surface area (TPSA) is 15.3 Å². The van der Waals surface area contributed by atoms with E-state index in [0.29, 0.717) is 0 Å². The van der Waals surface area contributed by atoms with Crippen molar-refractivity contribution in [3.05, 3.63) is 24.0 Å². The first-order valence-electron chi connectivity index (χ1n) is 5.02. The molecular formula is C11H17FN2. The summed E-state index contributed by atoms with van der Waals surface area (Å²) in [6, 6.07) is 4.81. The van der Waals surface area contributed by atoms with Crippen molar-refractivity contribution < 1.29 is 4.39 Å². The van der Waals surface area contributed by atoms with Crippen LogP contribution in [0.1, 0.15) is 13.8 Å². The lowest BCUT2D eigenvalue weighted by Gasteiger charge is -2.28. The summed E-state index contributed by atoms with van der Waals surface area (Å²) in [5.74, 6) is -0.177. The molecule has 3 heteroatoms. The molecule has 0 unspecified atom stereocenters. The molecule has 0 aromatic heterocycles. The molecule has 1 N–H and O–H groups in total. The van der Waals surface area contributed by atoms with Crippen LogP contribution in [0.15, 0.2) is 18.2 Å². The third kappa shape index (κ3) is 2.16. The first kappa shape index (κ1) is 10.8. The highest BCUT2D eigenvalue weighted by Crippen LogP contribution is 2.28. The fourth-order valence-corrected chi connectivity index (χ4v) is 1.45. The minimum atomic E-state index is -0.177. The Morgan fingerprint density at radius 2 is 2.07 bits per heavy atom. The Morgan fingerprint density at radius 1 is 1.36 bits per heavy atom. The normalized spacial score (nSPS) is 13.6. The zero-order valence-electron chi connectivity index (χ0n) is 8.97. The lowest BCUT2D eigenvalue weighted by molar-refractivity contribution is 0.627. The van der Waals surface area contributed by atoms with E-state index < -0.39 is 0 Å². The molecule has 78 valence electrons. The highest BCUT2D eigenvalue weighted by atomic mass is 19.1. The first-order valence-corrected chi connectivity index (χ1v) is 5.02. The number of benzene rings is 1. The molecule has 1 aliphatic heterocycles. The van der Waals surface area contributed by atoms with Crippen LogP contribution in [0.5, 0.6) is 0 Å². The van der Waals surface area contributed by atoms with E-state index in [0.717, 1.165) is 24.5 Å². The van der Waals surface area contributed by atoms with Gasteiger partial charge in [-0.25, -0.2) is 4.39 Å². The molecule has 0 spiro atoms. The lowest BCUT2D eigenvalue weighted by Crippen LogP contribution is -2.30. The molecule has 1 heterocycles. The van der Waals surface area contributed by atoms with Crippen LogP contribution in [0.25, 0.3) is 0 Å². The summed E-state index contributed by atoms with van der Waals surface area (Å²) < 4.78 is 12.8. The fourth-order valence-electron chi connectivity index (χ4n) is 1.45. The van der Waals surface area contributed by atoms with Crippen molar-refractivity contribution in [3.63, 3.8) is 0 Å². The minimum Gasteiger partial charge on any atom is -0.382 e. The number of fused-ring (bicyclic) bond motifs is 1. The van der Waals surface area contributed by atoms with Crippen molar-refractivity contribution in [3.8, 4) is 0 Å². The van der Waals surface area contributed by atoms with Gasteiger partial charge in [-0.15, -0.1) is 0 Å². The molecule has 1 aliphatic rings. The molecule has 0 bridgehead atoms. The summed E-state index contributed by atoms with van der Waals surface area (Å²) in [4.78, 5) is 2.05. The zero-order chi connectivity index (χ0) is 10.6. The van der Waals surface area contributed by atoms with Gasteiger partial charge in [0, 0.05) is 20.1 Å². The zero-order valence-corrected chi connectivity index (χ0v) is 8.97. The number of hydrogen-bond acceptors (Lipinski definition) is 2. The van der Waals surface area contributed by atoms with Crippen LogP contribution in [-0.2, 0) is 0 Å². The highest BCUT2D eigenvalue weighted by molar-refractivity contribution is 5.71. The molecule has 0 atom stereocenters. The number of halogens is 1. The van der Waals surface area contributed by atoms with E-state index in [1.165, 1.54) is 6.07 Å². The summed E-state index contributed by atoms with van der Waals surface area (Å²) in [6.07, 6.45) is 0. The number of hydrogen-bond donors (Lipinski definition) is 1. The molecule has 2 rings (SSSR count). The molecule has 1 aromatic rings. The standard InChI is InChI=1S/C9H11FN2.C2H6/c1-12-5-4-11-8-3-2-7(10)6-9(8)12;1-2/h2-3,6,11H,4-5H2,1H3;1-2H3. The quantitative estimate of drug-likeness (QED) is 0.686. The average Bonchev–Trinajstić information content (AvgIpc) is 2.22. The molecule has 14 heavy (non-hydrogen) atoms. The number of anilines is 2. The van der Waals surface area contributed by atoms with Crippen LogP contribution in [0, 0.1) is 5.82 Å². The monoisotopic (exact) mass is 196 g/mol. The van der Waals surface area contributed by atoms with E-state index >= 15 is 0 Å². The van der Waals surface area contributed by atoms with Crippen LogP contribution in [0.4, 0.5) is 15.8 Å². The summed E-state index contributed by atoms with van der Waals surface area (Å²) in [5.41, 5.74) is 1.96. The van der Waals surface area contributed by atoms with Gasteiger partial charge in [0.15, 0.2) is 0 Å². The molecule has 0 saturated carbocycles. The highest BCUT2D eigenvalue weighted by Gasteiger charge is 2.12. The Kier molecular flexibility index (Phi) is 3.74. The van der Waals surface area contributed by atoms with E-state index in [4.69, 9.17) is 0 Å². The maximum absolute atomic E-state index is 12.8. The summed E-state index contributed by atoms with van der Waals surface area (Å²) in [7, 11) is 1.97. The van der Waals surface area contributed by atoms with Crippen LogP contribution in [-0.4, -0.2) is 20.1 Å². The SMILES string of the molecule is CC.CN1CCNc2ccc(F)cc21. The molecule has 0 saturated heterocycles. The number of likely N-dealkylation sites (N-methyl/N-ethyl adjacent to an activating group) is 1. The number of rotatable bonds is 0. The third-order valence-corrected chi connectivity index (χ3v) is 2.13. The molecular weight excluding hydrogens is 179 g/mol. The van der Waals surface area contributed by atoms with E-state index in [-0.39, 0.29) is 5.82 Å². The van der Waals surface area contributed by atoms with Gasteiger partial charge in [-0.1, -0.05) is 13.8 Å². The van der Waals surface area contributed by atoms with Gasteiger partial charge in [-0.3, -0.25) is 0 Å². The smallest absolute Gasteiger partial charge is 0.125 e. The Bertz CT molecular complexity index is 299. The maximum Gasteiger partial charge on any atom is 0.125 e. The second-order valence-electron chi connectivity index (χ2n) is 3.01. The van der Waals surface area contributed by atoms with Crippen LogP contribution < -0.4 is 10.2 Å². The number of nitrogens with zero attached hydrogens (tertiary/aromatic N) is 1. The van der Waals surface area contributed by atoms with Gasteiger partial charge < -0.3 is 10.2 Å². The molecule has 0 fully saturated rings. The fraction of sp³-hybridized carbons (Fsp3) is 0.455. The molecule has 2 nitrogen and oxygen atoms in total. The molecule has 0 aliphatic carbocycles. The van der Waals surface area contributed by atoms with Crippen molar-refractivity contribution in [2.75, 3.05) is 30.4 Å². The van der Waals surface area contributed by atoms with Gasteiger partial charge in [0.05, 0.1) is 11.4 Å². The van der Waals surface area contributed by atoms with E-state index in [9.17, 15) is 4.39 Å². The van der Waals surface area contributed by atoms with Crippen molar-refractivity contribution >= 4 is 11.4 Å². The summed E-state index contributed by atoms with van der Waals surface area (Å²) in [5, 5.41) is 3.21.